The Labute approximate surface area is 271 Å². The molecule has 8 nitrogen and oxygen atoms in total. The number of aliphatic hydroxyl groups excluding tert-OH is 1. The minimum Gasteiger partial charge on any atom is -0.389 e. The number of nitrogens with two attached hydrogens (primary N) is 1. The SMILES string of the molecule is C[C@@H]1C[C]([C@H](N)C(C)(C)O)O[C]2[C@H]1[C@@]1(C)CC[C@@]34C[C@@]35CCC(O[C@H]3CN(C6COC6)CCO3)C(C)(C)[C@@H]5CC[C]4[C@]1(C)[C@H]2O. The van der Waals surface area contributed by atoms with Crippen molar-refractivity contribution in [2.75, 3.05) is 32.9 Å². The van der Waals surface area contributed by atoms with Crippen LogP contribution in [-0.4, -0.2) is 84.2 Å². The zero-order valence-corrected chi connectivity index (χ0v) is 28.9. The van der Waals surface area contributed by atoms with Crippen LogP contribution < -0.4 is 5.73 Å². The van der Waals surface area contributed by atoms with Crippen molar-refractivity contribution in [3.63, 3.8) is 0 Å². The predicted octanol–water partition coefficient (Wildman–Crippen LogP) is 4.63. The molecule has 4 N–H and O–H groups in total. The monoisotopic (exact) mass is 627 g/mol. The third-order valence-corrected chi connectivity index (χ3v) is 15.6. The van der Waals surface area contributed by atoms with E-state index in [1.807, 2.05) is 0 Å². The smallest absolute Gasteiger partial charge is 0.170 e. The zero-order valence-electron chi connectivity index (χ0n) is 28.9. The Hall–Kier alpha value is -0.320. The Morgan fingerprint density at radius 2 is 1.84 bits per heavy atom. The maximum absolute atomic E-state index is 12.4. The highest BCUT2D eigenvalue weighted by Crippen LogP contribution is 2.90. The molecule has 8 heteroatoms. The molecule has 3 heterocycles. The molecule has 0 bridgehead atoms. The first-order valence-electron chi connectivity index (χ1n) is 18.1. The molecule has 5 aliphatic carbocycles. The van der Waals surface area contributed by atoms with E-state index in [2.05, 4.69) is 39.5 Å². The number of ether oxygens (including phenoxy) is 4. The van der Waals surface area contributed by atoms with Gasteiger partial charge in [0.15, 0.2) is 6.29 Å². The fourth-order valence-corrected chi connectivity index (χ4v) is 12.9. The topological polar surface area (TPSA) is 107 Å². The molecule has 0 aromatic carbocycles. The van der Waals surface area contributed by atoms with Crippen molar-refractivity contribution in [2.45, 2.75) is 136 Å². The maximum atomic E-state index is 12.4. The van der Waals surface area contributed by atoms with E-state index in [9.17, 15) is 10.2 Å². The molecular weight excluding hydrogens is 568 g/mol. The third-order valence-electron chi connectivity index (χ3n) is 15.6. The molecule has 3 aliphatic heterocycles. The first-order chi connectivity index (χ1) is 21.1. The minimum atomic E-state index is -1.08. The van der Waals surface area contributed by atoms with Gasteiger partial charge in [0.05, 0.1) is 56.3 Å². The summed E-state index contributed by atoms with van der Waals surface area (Å²) in [4.78, 5) is 2.50. The molecule has 1 unspecified atom stereocenters. The Bertz CT molecular complexity index is 1170. The summed E-state index contributed by atoms with van der Waals surface area (Å²) in [6, 6.07) is -0.0671. The van der Waals surface area contributed by atoms with Crippen LogP contribution in [0.3, 0.4) is 0 Å². The summed E-state index contributed by atoms with van der Waals surface area (Å²) in [6.07, 6.45) is 9.79. The van der Waals surface area contributed by atoms with Gasteiger partial charge in [-0.1, -0.05) is 34.6 Å². The van der Waals surface area contributed by atoms with Gasteiger partial charge in [0, 0.05) is 17.9 Å². The summed E-state index contributed by atoms with van der Waals surface area (Å²) in [6.45, 7) is 19.8. The van der Waals surface area contributed by atoms with Crippen LogP contribution in [-0.2, 0) is 18.9 Å². The van der Waals surface area contributed by atoms with E-state index in [1.54, 1.807) is 19.8 Å². The predicted molar refractivity (Wildman–Crippen MR) is 170 cm³/mol. The Kier molecular flexibility index (Phi) is 7.18. The molecule has 8 rings (SSSR count). The van der Waals surface area contributed by atoms with Gasteiger partial charge in [-0.25, -0.2) is 0 Å². The van der Waals surface area contributed by atoms with Crippen LogP contribution >= 0.6 is 0 Å². The van der Waals surface area contributed by atoms with E-state index < -0.39 is 17.7 Å². The molecule has 2 spiro atoms. The van der Waals surface area contributed by atoms with Crippen LogP contribution in [0, 0.1) is 63.0 Å². The van der Waals surface area contributed by atoms with E-state index in [1.165, 1.54) is 19.3 Å². The summed E-state index contributed by atoms with van der Waals surface area (Å²) in [5, 5.41) is 23.1. The Morgan fingerprint density at radius 1 is 1.09 bits per heavy atom. The van der Waals surface area contributed by atoms with Crippen LogP contribution in [0.15, 0.2) is 0 Å². The van der Waals surface area contributed by atoms with Gasteiger partial charge >= 0.3 is 0 Å². The van der Waals surface area contributed by atoms with E-state index in [-0.39, 0.29) is 40.0 Å². The van der Waals surface area contributed by atoms with Gasteiger partial charge in [-0.3, -0.25) is 4.90 Å². The summed E-state index contributed by atoms with van der Waals surface area (Å²) in [5.74, 6) is 2.74. The van der Waals surface area contributed by atoms with Gasteiger partial charge in [-0.15, -0.1) is 0 Å². The fraction of sp³-hybridized carbons (Fsp3) is 0.919. The lowest BCUT2D eigenvalue weighted by molar-refractivity contribution is -0.252. The van der Waals surface area contributed by atoms with Crippen molar-refractivity contribution in [1.29, 1.82) is 0 Å². The second-order valence-electron chi connectivity index (χ2n) is 18.2. The van der Waals surface area contributed by atoms with Crippen LogP contribution in [0.4, 0.5) is 0 Å². The Morgan fingerprint density at radius 3 is 2.53 bits per heavy atom. The highest BCUT2D eigenvalue weighted by Gasteiger charge is 2.85. The first kappa shape index (κ1) is 31.9. The number of rotatable bonds is 5. The third kappa shape index (κ3) is 4.12. The molecule has 0 aromatic rings. The fourth-order valence-electron chi connectivity index (χ4n) is 12.9. The van der Waals surface area contributed by atoms with E-state index >= 15 is 0 Å². The summed E-state index contributed by atoms with van der Waals surface area (Å²) < 4.78 is 25.2. The number of nitrogens with zero attached hydrogens (tertiary/aromatic N) is 1. The molecule has 0 aromatic heterocycles. The lowest BCUT2D eigenvalue weighted by Gasteiger charge is -2.63. The molecule has 253 valence electrons. The van der Waals surface area contributed by atoms with Crippen molar-refractivity contribution in [3.8, 4) is 0 Å². The first-order valence-corrected chi connectivity index (χ1v) is 18.1. The molecule has 8 aliphatic rings. The second-order valence-corrected chi connectivity index (χ2v) is 18.2. The molecule has 45 heavy (non-hydrogen) atoms. The lowest BCUT2D eigenvalue weighted by Crippen LogP contribution is -2.60. The molecule has 0 amide bonds. The summed E-state index contributed by atoms with van der Waals surface area (Å²) in [5.41, 5.74) is 5.64. The van der Waals surface area contributed by atoms with Gasteiger partial charge in [-0.05, 0) is 105 Å². The summed E-state index contributed by atoms with van der Waals surface area (Å²) in [7, 11) is 0. The minimum absolute atomic E-state index is 0.0613. The van der Waals surface area contributed by atoms with Gasteiger partial charge in [0.1, 0.15) is 12.2 Å². The van der Waals surface area contributed by atoms with Gasteiger partial charge in [-0.2, -0.15) is 0 Å². The molecule has 5 saturated carbocycles. The number of aliphatic hydroxyl groups is 2. The molecule has 3 saturated heterocycles. The van der Waals surface area contributed by atoms with Gasteiger partial charge in [0.25, 0.3) is 0 Å². The molecule has 3 radical (unpaired) electrons. The highest BCUT2D eigenvalue weighted by molar-refractivity contribution is 5.45. The second kappa shape index (κ2) is 10.1. The molecular formula is C37H59N2O6. The van der Waals surface area contributed by atoms with Crippen LogP contribution in [0.2, 0.25) is 0 Å². The Balaban J connectivity index is 1.03. The van der Waals surface area contributed by atoms with E-state index in [0.29, 0.717) is 23.3 Å². The number of fused-ring (bicyclic) bond motifs is 4. The van der Waals surface area contributed by atoms with Crippen molar-refractivity contribution in [1.82, 2.24) is 4.90 Å². The normalized spacial score (nSPS) is 51.3. The van der Waals surface area contributed by atoms with E-state index in [4.69, 9.17) is 24.7 Å². The largest absolute Gasteiger partial charge is 0.389 e. The average molecular weight is 628 g/mol. The van der Waals surface area contributed by atoms with Crippen LogP contribution in [0.5, 0.6) is 0 Å². The molecule has 8 fully saturated rings. The van der Waals surface area contributed by atoms with Crippen molar-refractivity contribution >= 4 is 0 Å². The van der Waals surface area contributed by atoms with Crippen LogP contribution in [0.1, 0.15) is 99.8 Å². The van der Waals surface area contributed by atoms with Crippen molar-refractivity contribution in [3.05, 3.63) is 18.1 Å². The quantitative estimate of drug-likeness (QED) is 0.406. The number of hydrogen-bond donors (Lipinski definition) is 3. The highest BCUT2D eigenvalue weighted by atomic mass is 16.7. The molecule has 11 atom stereocenters. The lowest BCUT2D eigenvalue weighted by atomic mass is 9.41. The number of morpholine rings is 1. The van der Waals surface area contributed by atoms with Gasteiger partial charge in [0.2, 0.25) is 0 Å². The van der Waals surface area contributed by atoms with Crippen LogP contribution in [0.25, 0.3) is 0 Å². The standard InChI is InChI=1S/C37H59N2O6/c1-21-16-23(30(38)33(4,5)41)44-29-28(21)34(6)12-13-37-20-36(37)11-10-26(45-27-17-39(14-15-43-27)22-18-42-19-22)32(2,3)24(36)8-9-25(37)35(34,7)31(29)40/h21-22,24,26-28,30-31,40-41H,8-20,38H2,1-7H3/t21-,24+,26?,27+,28+,30+,31+,34-,35-,36-,37+/m1/s1. The maximum Gasteiger partial charge on any atom is 0.170 e. The average Bonchev–Trinajstić information content (AvgIpc) is 3.57. The van der Waals surface area contributed by atoms with Gasteiger partial charge < -0.3 is 34.9 Å². The van der Waals surface area contributed by atoms with Crippen molar-refractivity contribution in [2.24, 2.45) is 50.6 Å². The zero-order chi connectivity index (χ0) is 31.9. The summed E-state index contributed by atoms with van der Waals surface area (Å²) >= 11 is 0. The van der Waals surface area contributed by atoms with E-state index in [0.717, 1.165) is 77.2 Å². The van der Waals surface area contributed by atoms with Crippen molar-refractivity contribution < 1.29 is 29.2 Å². The number of hydrogen-bond acceptors (Lipinski definition) is 8.